The molecule has 1 heterocycles. The standard InChI is InChI=1S/C8H7NO2.ClH/c1-3-8(11-9-2)7-4-5-10-6-7;/h1,4-6,8H,2H2;1H. The van der Waals surface area contributed by atoms with E-state index in [-0.39, 0.29) is 12.4 Å². The summed E-state index contributed by atoms with van der Waals surface area (Å²) >= 11 is 0. The Morgan fingerprint density at radius 2 is 2.50 bits per heavy atom. The second-order valence-corrected chi connectivity index (χ2v) is 1.84. The van der Waals surface area contributed by atoms with Crippen LogP contribution in [0.15, 0.2) is 28.2 Å². The van der Waals surface area contributed by atoms with Crippen molar-refractivity contribution in [3.63, 3.8) is 0 Å². The molecule has 0 saturated carbocycles. The first kappa shape index (κ1) is 10.6. The van der Waals surface area contributed by atoms with Gasteiger partial charge in [-0.05, 0) is 6.07 Å². The summed E-state index contributed by atoms with van der Waals surface area (Å²) in [6, 6.07) is 1.72. The Bertz CT molecular complexity index is 263. The third kappa shape index (κ3) is 2.33. The van der Waals surface area contributed by atoms with Crippen LogP contribution in [0.5, 0.6) is 0 Å². The minimum Gasteiger partial charge on any atom is -0.472 e. The van der Waals surface area contributed by atoms with E-state index in [0.717, 1.165) is 5.56 Å². The molecule has 1 aromatic heterocycles. The van der Waals surface area contributed by atoms with Crippen molar-refractivity contribution in [1.82, 2.24) is 0 Å². The number of hydrogen-bond donors (Lipinski definition) is 0. The van der Waals surface area contributed by atoms with Gasteiger partial charge in [0.15, 0.2) is 0 Å². The lowest BCUT2D eigenvalue weighted by atomic mass is 10.2. The number of terminal acetylenes is 1. The second-order valence-electron chi connectivity index (χ2n) is 1.84. The third-order valence-corrected chi connectivity index (χ3v) is 1.18. The lowest BCUT2D eigenvalue weighted by molar-refractivity contribution is 0.102. The van der Waals surface area contributed by atoms with Crippen LogP contribution in [-0.2, 0) is 4.84 Å². The van der Waals surface area contributed by atoms with Crippen LogP contribution in [-0.4, -0.2) is 6.72 Å². The summed E-state index contributed by atoms with van der Waals surface area (Å²) in [5, 5.41) is 3.23. The normalized spacial score (nSPS) is 10.6. The first-order valence-electron chi connectivity index (χ1n) is 2.98. The van der Waals surface area contributed by atoms with E-state index in [1.807, 2.05) is 0 Å². The summed E-state index contributed by atoms with van der Waals surface area (Å²) in [5.74, 6) is 2.39. The molecule has 64 valence electrons. The first-order chi connectivity index (χ1) is 5.38. The molecule has 3 nitrogen and oxygen atoms in total. The van der Waals surface area contributed by atoms with Gasteiger partial charge in [0.25, 0.3) is 0 Å². The highest BCUT2D eigenvalue weighted by Gasteiger charge is 2.08. The SMILES string of the molecule is C#CC(ON=C)c1ccoc1.Cl. The van der Waals surface area contributed by atoms with Crippen molar-refractivity contribution < 1.29 is 9.25 Å². The van der Waals surface area contributed by atoms with Crippen molar-refractivity contribution in [1.29, 1.82) is 0 Å². The summed E-state index contributed by atoms with van der Waals surface area (Å²) in [5.41, 5.74) is 0.764. The molecule has 12 heavy (non-hydrogen) atoms. The molecular weight excluding hydrogens is 178 g/mol. The highest BCUT2D eigenvalue weighted by Crippen LogP contribution is 2.16. The van der Waals surface area contributed by atoms with E-state index in [0.29, 0.717) is 0 Å². The number of halogens is 1. The summed E-state index contributed by atoms with van der Waals surface area (Å²) in [7, 11) is 0. The molecule has 1 unspecified atom stereocenters. The molecule has 0 aliphatic carbocycles. The van der Waals surface area contributed by atoms with Crippen LogP contribution < -0.4 is 0 Å². The molecule has 0 spiro atoms. The second kappa shape index (κ2) is 5.28. The molecule has 0 amide bonds. The fourth-order valence-corrected chi connectivity index (χ4v) is 0.686. The maximum absolute atomic E-state index is 5.15. The fourth-order valence-electron chi connectivity index (χ4n) is 0.686. The van der Waals surface area contributed by atoms with E-state index in [2.05, 4.69) is 17.8 Å². The van der Waals surface area contributed by atoms with Crippen LogP contribution >= 0.6 is 12.4 Å². The monoisotopic (exact) mass is 185 g/mol. The molecule has 0 fully saturated rings. The van der Waals surface area contributed by atoms with E-state index in [9.17, 15) is 0 Å². The summed E-state index contributed by atoms with van der Waals surface area (Å²) < 4.78 is 4.81. The highest BCUT2D eigenvalue weighted by atomic mass is 35.5. The Morgan fingerprint density at radius 3 is 2.92 bits per heavy atom. The Hall–Kier alpha value is -1.40. The zero-order valence-corrected chi connectivity index (χ0v) is 7.08. The van der Waals surface area contributed by atoms with Crippen LogP contribution in [0, 0.1) is 12.3 Å². The molecule has 0 saturated heterocycles. The van der Waals surface area contributed by atoms with Gasteiger partial charge in [-0.15, -0.1) is 24.0 Å². The minimum atomic E-state index is -0.494. The minimum absolute atomic E-state index is 0. The average molecular weight is 186 g/mol. The van der Waals surface area contributed by atoms with Gasteiger partial charge in [-0.1, -0.05) is 5.92 Å². The Kier molecular flexibility index (Phi) is 4.66. The molecule has 0 radical (unpaired) electrons. The van der Waals surface area contributed by atoms with E-state index >= 15 is 0 Å². The highest BCUT2D eigenvalue weighted by molar-refractivity contribution is 5.85. The average Bonchev–Trinajstić information content (AvgIpc) is 2.52. The zero-order chi connectivity index (χ0) is 8.10. The van der Waals surface area contributed by atoms with Gasteiger partial charge < -0.3 is 9.25 Å². The number of furan rings is 1. The van der Waals surface area contributed by atoms with Gasteiger partial charge in [0.1, 0.15) is 0 Å². The van der Waals surface area contributed by atoms with Gasteiger partial charge in [-0.3, -0.25) is 0 Å². The maximum atomic E-state index is 5.15. The smallest absolute Gasteiger partial charge is 0.215 e. The van der Waals surface area contributed by atoms with Crippen molar-refractivity contribution >= 4 is 19.1 Å². The summed E-state index contributed by atoms with van der Waals surface area (Å²) in [4.78, 5) is 4.75. The Labute approximate surface area is 76.8 Å². The molecular formula is C8H8ClNO2. The molecule has 1 aromatic rings. The summed E-state index contributed by atoms with van der Waals surface area (Å²) in [6.07, 6.45) is 7.68. The topological polar surface area (TPSA) is 34.7 Å². The van der Waals surface area contributed by atoms with Gasteiger partial charge in [0, 0.05) is 12.3 Å². The predicted octanol–water partition coefficient (Wildman–Crippen LogP) is 2.01. The molecule has 0 aliphatic rings. The summed E-state index contributed by atoms with van der Waals surface area (Å²) in [6.45, 7) is 3.16. The van der Waals surface area contributed by atoms with Crippen molar-refractivity contribution in [2.45, 2.75) is 6.10 Å². The largest absolute Gasteiger partial charge is 0.472 e. The molecule has 1 rings (SSSR count). The van der Waals surface area contributed by atoms with Crippen molar-refractivity contribution in [2.24, 2.45) is 5.16 Å². The number of hydrogen-bond acceptors (Lipinski definition) is 3. The van der Waals surface area contributed by atoms with Crippen molar-refractivity contribution in [3.05, 3.63) is 24.2 Å². The molecule has 4 heteroatoms. The maximum Gasteiger partial charge on any atom is 0.215 e. The van der Waals surface area contributed by atoms with Crippen LogP contribution in [0.2, 0.25) is 0 Å². The van der Waals surface area contributed by atoms with Crippen LogP contribution in [0.4, 0.5) is 0 Å². The molecule has 0 N–H and O–H groups in total. The van der Waals surface area contributed by atoms with Crippen LogP contribution in [0.1, 0.15) is 11.7 Å². The third-order valence-electron chi connectivity index (χ3n) is 1.18. The zero-order valence-electron chi connectivity index (χ0n) is 6.27. The van der Waals surface area contributed by atoms with Gasteiger partial charge in [-0.25, -0.2) is 0 Å². The van der Waals surface area contributed by atoms with E-state index in [4.69, 9.17) is 15.7 Å². The fraction of sp³-hybridized carbons (Fsp3) is 0.125. The van der Waals surface area contributed by atoms with E-state index in [1.54, 1.807) is 6.07 Å². The van der Waals surface area contributed by atoms with Crippen LogP contribution in [0.25, 0.3) is 0 Å². The Morgan fingerprint density at radius 1 is 1.75 bits per heavy atom. The molecule has 1 atom stereocenters. The van der Waals surface area contributed by atoms with E-state index in [1.165, 1.54) is 12.5 Å². The van der Waals surface area contributed by atoms with Gasteiger partial charge in [0.2, 0.25) is 6.10 Å². The first-order valence-corrected chi connectivity index (χ1v) is 2.98. The quantitative estimate of drug-likeness (QED) is 0.410. The lowest BCUT2D eigenvalue weighted by Crippen LogP contribution is -1.94. The van der Waals surface area contributed by atoms with Crippen molar-refractivity contribution in [2.75, 3.05) is 0 Å². The molecule has 0 aliphatic heterocycles. The Balaban J connectivity index is 0.00000121. The van der Waals surface area contributed by atoms with Crippen LogP contribution in [0.3, 0.4) is 0 Å². The molecule has 0 aromatic carbocycles. The molecule has 0 bridgehead atoms. The number of oxime groups is 1. The van der Waals surface area contributed by atoms with Crippen molar-refractivity contribution in [3.8, 4) is 12.3 Å². The lowest BCUT2D eigenvalue weighted by Gasteiger charge is -2.03. The van der Waals surface area contributed by atoms with Gasteiger partial charge in [0.05, 0.1) is 12.5 Å². The number of rotatable bonds is 3. The van der Waals surface area contributed by atoms with Gasteiger partial charge in [-0.2, -0.15) is 0 Å². The van der Waals surface area contributed by atoms with Gasteiger partial charge >= 0.3 is 0 Å². The predicted molar refractivity (Wildman–Crippen MR) is 48.2 cm³/mol. The van der Waals surface area contributed by atoms with E-state index < -0.39 is 6.10 Å². The number of nitrogens with zero attached hydrogens (tertiary/aromatic N) is 1.